The summed E-state index contributed by atoms with van der Waals surface area (Å²) in [5.41, 5.74) is 4.14. The first-order valence-electron chi connectivity index (χ1n) is 4.27. The molecule has 0 unspecified atom stereocenters. The van der Waals surface area contributed by atoms with Crippen LogP contribution in [0, 0.1) is 0 Å². The van der Waals surface area contributed by atoms with Crippen LogP contribution < -0.4 is 5.32 Å². The van der Waals surface area contributed by atoms with Crippen molar-refractivity contribution < 1.29 is 0 Å². The van der Waals surface area contributed by atoms with Gasteiger partial charge in [-0.25, -0.2) is 0 Å². The van der Waals surface area contributed by atoms with Crippen LogP contribution in [-0.4, -0.2) is 19.0 Å². The Kier molecular flexibility index (Phi) is 1.77. The Morgan fingerprint density at radius 2 is 2.00 bits per heavy atom. The predicted octanol–water partition coefficient (Wildman–Crippen LogP) is 1.67. The van der Waals surface area contributed by atoms with Crippen molar-refractivity contribution in [3.8, 4) is 0 Å². The predicted molar refractivity (Wildman–Crippen MR) is 51.2 cm³/mol. The average Bonchev–Trinajstić information content (AvgIpc) is 2.43. The van der Waals surface area contributed by atoms with Crippen molar-refractivity contribution in [2.75, 3.05) is 19.4 Å². The first-order valence-corrected chi connectivity index (χ1v) is 4.27. The fraction of sp³-hybridized carbons (Fsp3) is 0.400. The minimum Gasteiger partial charge on any atom is -0.388 e. The topological polar surface area (TPSA) is 15.3 Å². The molecule has 0 atom stereocenters. The van der Waals surface area contributed by atoms with Gasteiger partial charge in [0, 0.05) is 25.8 Å². The summed E-state index contributed by atoms with van der Waals surface area (Å²) >= 11 is 0. The lowest BCUT2D eigenvalue weighted by atomic mass is 10.1. The smallest absolute Gasteiger partial charge is 0.0341 e. The minimum absolute atomic E-state index is 1.09. The summed E-state index contributed by atoms with van der Waals surface area (Å²) in [6.45, 7) is 2.18. The molecule has 0 saturated carbocycles. The van der Waals surface area contributed by atoms with Crippen LogP contribution in [0.3, 0.4) is 0 Å². The van der Waals surface area contributed by atoms with Crippen molar-refractivity contribution in [1.82, 2.24) is 4.90 Å². The third-order valence-corrected chi connectivity index (χ3v) is 2.38. The summed E-state index contributed by atoms with van der Waals surface area (Å²) in [5.74, 6) is 0. The zero-order valence-corrected chi connectivity index (χ0v) is 7.59. The molecule has 0 amide bonds. The van der Waals surface area contributed by atoms with Crippen LogP contribution in [0.25, 0.3) is 0 Å². The van der Waals surface area contributed by atoms with Crippen LogP contribution in [0.1, 0.15) is 11.1 Å². The van der Waals surface area contributed by atoms with Gasteiger partial charge in [0.25, 0.3) is 0 Å². The number of rotatable bonds is 1. The van der Waals surface area contributed by atoms with Crippen molar-refractivity contribution in [2.45, 2.75) is 13.1 Å². The van der Waals surface area contributed by atoms with Gasteiger partial charge >= 0.3 is 0 Å². The van der Waals surface area contributed by atoms with Gasteiger partial charge in [0.1, 0.15) is 0 Å². The summed E-state index contributed by atoms with van der Waals surface area (Å²) in [7, 11) is 4.11. The molecule has 0 spiro atoms. The van der Waals surface area contributed by atoms with Gasteiger partial charge < -0.3 is 5.32 Å². The van der Waals surface area contributed by atoms with Crippen molar-refractivity contribution >= 4 is 5.69 Å². The maximum Gasteiger partial charge on any atom is 0.0341 e. The SMILES string of the molecule is CNc1ccc2c(c1)CN(C)C2. The zero-order valence-electron chi connectivity index (χ0n) is 7.59. The maximum absolute atomic E-state index is 3.15. The monoisotopic (exact) mass is 162 g/mol. The molecule has 0 radical (unpaired) electrons. The van der Waals surface area contributed by atoms with Crippen molar-refractivity contribution in [2.24, 2.45) is 0 Å². The molecule has 1 N–H and O–H groups in total. The third-order valence-electron chi connectivity index (χ3n) is 2.38. The van der Waals surface area contributed by atoms with Gasteiger partial charge in [0.15, 0.2) is 0 Å². The normalized spacial score (nSPS) is 16.2. The standard InChI is InChI=1S/C10H14N2/c1-11-10-4-3-8-6-12(2)7-9(8)5-10/h3-5,11H,6-7H2,1-2H3. The van der Waals surface area contributed by atoms with Crippen LogP contribution in [0.4, 0.5) is 5.69 Å². The highest BCUT2D eigenvalue weighted by Gasteiger charge is 2.14. The lowest BCUT2D eigenvalue weighted by molar-refractivity contribution is 0.353. The van der Waals surface area contributed by atoms with E-state index in [9.17, 15) is 0 Å². The molecule has 0 aromatic heterocycles. The van der Waals surface area contributed by atoms with Crippen molar-refractivity contribution in [1.29, 1.82) is 0 Å². The van der Waals surface area contributed by atoms with Crippen LogP contribution in [0.5, 0.6) is 0 Å². The Morgan fingerprint density at radius 3 is 2.75 bits per heavy atom. The first kappa shape index (κ1) is 7.62. The Morgan fingerprint density at radius 1 is 1.25 bits per heavy atom. The summed E-state index contributed by atoms with van der Waals surface area (Å²) in [4.78, 5) is 2.32. The number of hydrogen-bond acceptors (Lipinski definition) is 2. The van der Waals surface area contributed by atoms with Gasteiger partial charge in [0.2, 0.25) is 0 Å². The van der Waals surface area contributed by atoms with Crippen LogP contribution in [0.15, 0.2) is 18.2 Å². The fourth-order valence-corrected chi connectivity index (χ4v) is 1.72. The molecule has 64 valence electrons. The van der Waals surface area contributed by atoms with Gasteiger partial charge in [-0.2, -0.15) is 0 Å². The summed E-state index contributed by atoms with van der Waals surface area (Å²) in [6.07, 6.45) is 0. The van der Waals surface area contributed by atoms with Crippen LogP contribution in [-0.2, 0) is 13.1 Å². The molecule has 2 heteroatoms. The molecule has 0 saturated heterocycles. The Balaban J connectivity index is 2.35. The molecular weight excluding hydrogens is 148 g/mol. The van der Waals surface area contributed by atoms with E-state index in [4.69, 9.17) is 0 Å². The highest BCUT2D eigenvalue weighted by atomic mass is 15.1. The van der Waals surface area contributed by atoms with Gasteiger partial charge in [-0.15, -0.1) is 0 Å². The molecule has 0 aliphatic carbocycles. The van der Waals surface area contributed by atoms with E-state index >= 15 is 0 Å². The van der Waals surface area contributed by atoms with Crippen LogP contribution in [0.2, 0.25) is 0 Å². The molecule has 1 aromatic carbocycles. The Hall–Kier alpha value is -1.02. The number of benzene rings is 1. The molecular formula is C10H14N2. The molecule has 0 fully saturated rings. The average molecular weight is 162 g/mol. The number of nitrogens with zero attached hydrogens (tertiary/aromatic N) is 1. The summed E-state index contributed by atoms with van der Waals surface area (Å²) in [5, 5.41) is 3.15. The van der Waals surface area contributed by atoms with Gasteiger partial charge in [-0.05, 0) is 30.3 Å². The van der Waals surface area contributed by atoms with E-state index < -0.39 is 0 Å². The number of hydrogen-bond donors (Lipinski definition) is 1. The lowest BCUT2D eigenvalue weighted by Gasteiger charge is -2.03. The molecule has 1 aliphatic heterocycles. The van der Waals surface area contributed by atoms with Crippen LogP contribution >= 0.6 is 0 Å². The second-order valence-corrected chi connectivity index (χ2v) is 3.41. The summed E-state index contributed by atoms with van der Waals surface area (Å²) < 4.78 is 0. The van der Waals surface area contributed by atoms with E-state index in [0.717, 1.165) is 13.1 Å². The number of nitrogens with one attached hydrogen (secondary N) is 1. The Bertz CT molecular complexity index is 294. The molecule has 1 aromatic rings. The van der Waals surface area contributed by atoms with E-state index in [0.29, 0.717) is 0 Å². The molecule has 1 aliphatic rings. The first-order chi connectivity index (χ1) is 5.79. The van der Waals surface area contributed by atoms with E-state index in [2.05, 4.69) is 35.5 Å². The second-order valence-electron chi connectivity index (χ2n) is 3.41. The number of fused-ring (bicyclic) bond motifs is 1. The highest BCUT2D eigenvalue weighted by Crippen LogP contribution is 2.23. The second kappa shape index (κ2) is 2.79. The van der Waals surface area contributed by atoms with E-state index in [-0.39, 0.29) is 0 Å². The molecule has 0 bridgehead atoms. The van der Waals surface area contributed by atoms with Gasteiger partial charge in [-0.1, -0.05) is 6.07 Å². The summed E-state index contributed by atoms with van der Waals surface area (Å²) in [6, 6.07) is 6.58. The fourth-order valence-electron chi connectivity index (χ4n) is 1.72. The maximum atomic E-state index is 3.15. The number of anilines is 1. The highest BCUT2D eigenvalue weighted by molar-refractivity contribution is 5.49. The molecule has 2 nitrogen and oxygen atoms in total. The largest absolute Gasteiger partial charge is 0.388 e. The van der Waals surface area contributed by atoms with Gasteiger partial charge in [-0.3, -0.25) is 4.90 Å². The third kappa shape index (κ3) is 1.18. The van der Waals surface area contributed by atoms with E-state index in [1.165, 1.54) is 16.8 Å². The van der Waals surface area contributed by atoms with Crippen molar-refractivity contribution in [3.63, 3.8) is 0 Å². The Labute approximate surface area is 73.2 Å². The minimum atomic E-state index is 1.09. The molecule has 1 heterocycles. The molecule has 2 rings (SSSR count). The zero-order chi connectivity index (χ0) is 8.55. The lowest BCUT2D eigenvalue weighted by Crippen LogP contribution is -2.07. The van der Waals surface area contributed by atoms with E-state index in [1.54, 1.807) is 0 Å². The van der Waals surface area contributed by atoms with Crippen molar-refractivity contribution in [3.05, 3.63) is 29.3 Å². The molecule has 12 heavy (non-hydrogen) atoms. The van der Waals surface area contributed by atoms with E-state index in [1.807, 2.05) is 7.05 Å². The quantitative estimate of drug-likeness (QED) is 0.675. The van der Waals surface area contributed by atoms with Gasteiger partial charge in [0.05, 0.1) is 0 Å².